The Hall–Kier alpha value is -3.54. The molecule has 0 radical (unpaired) electrons. The number of carbonyl (C=O) groups is 1. The zero-order chi connectivity index (χ0) is 18.6. The first-order chi connectivity index (χ1) is 13.2. The summed E-state index contributed by atoms with van der Waals surface area (Å²) in [6.07, 6.45) is 1.64. The summed E-state index contributed by atoms with van der Waals surface area (Å²) in [4.78, 5) is 16.7. The van der Waals surface area contributed by atoms with Gasteiger partial charge in [-0.15, -0.1) is 0 Å². The molecule has 3 aromatic rings. The molecule has 2 heterocycles. The third-order valence-corrected chi connectivity index (χ3v) is 4.32. The van der Waals surface area contributed by atoms with E-state index in [1.165, 1.54) is 0 Å². The third kappa shape index (κ3) is 3.84. The van der Waals surface area contributed by atoms with Crippen molar-refractivity contribution in [2.75, 3.05) is 17.4 Å². The lowest BCUT2D eigenvalue weighted by atomic mass is 10.1. The molecule has 27 heavy (non-hydrogen) atoms. The fourth-order valence-corrected chi connectivity index (χ4v) is 2.84. The summed E-state index contributed by atoms with van der Waals surface area (Å²) < 4.78 is 10.7. The second kappa shape index (κ2) is 7.37. The van der Waals surface area contributed by atoms with Crippen molar-refractivity contribution in [3.63, 3.8) is 0 Å². The average Bonchev–Trinajstić information content (AvgIpc) is 3.15. The molecule has 6 heteroatoms. The van der Waals surface area contributed by atoms with E-state index in [-0.39, 0.29) is 12.7 Å². The van der Waals surface area contributed by atoms with Crippen LogP contribution < -0.4 is 20.1 Å². The van der Waals surface area contributed by atoms with E-state index in [2.05, 4.69) is 15.6 Å². The zero-order valence-corrected chi connectivity index (χ0v) is 14.9. The minimum absolute atomic E-state index is 0.143. The minimum Gasteiger partial charge on any atom is -0.454 e. The van der Waals surface area contributed by atoms with Gasteiger partial charge in [-0.05, 0) is 48.4 Å². The van der Waals surface area contributed by atoms with E-state index in [1.807, 2.05) is 55.5 Å². The van der Waals surface area contributed by atoms with Crippen LogP contribution in [0.3, 0.4) is 0 Å². The summed E-state index contributed by atoms with van der Waals surface area (Å²) >= 11 is 0. The number of ether oxygens (including phenoxy) is 2. The van der Waals surface area contributed by atoms with Gasteiger partial charge < -0.3 is 20.1 Å². The van der Waals surface area contributed by atoms with Gasteiger partial charge in [-0.1, -0.05) is 24.3 Å². The van der Waals surface area contributed by atoms with Crippen LogP contribution in [0.4, 0.5) is 11.5 Å². The number of aromatic nitrogens is 1. The summed E-state index contributed by atoms with van der Waals surface area (Å²) in [5.74, 6) is 2.11. The molecule has 2 N–H and O–H groups in total. The maximum absolute atomic E-state index is 12.3. The lowest BCUT2D eigenvalue weighted by Gasteiger charge is -2.09. The van der Waals surface area contributed by atoms with E-state index >= 15 is 0 Å². The summed E-state index contributed by atoms with van der Waals surface area (Å²) in [5.41, 5.74) is 3.31. The normalized spacial score (nSPS) is 11.9. The Balaban J connectivity index is 1.36. The molecule has 1 aliphatic heterocycles. The number of rotatable bonds is 5. The first-order valence-electron chi connectivity index (χ1n) is 8.64. The number of hydrogen-bond acceptors (Lipinski definition) is 5. The van der Waals surface area contributed by atoms with Crippen LogP contribution in [0, 0.1) is 6.92 Å². The highest BCUT2D eigenvalue weighted by Gasteiger charge is 2.13. The minimum atomic E-state index is -0.143. The van der Waals surface area contributed by atoms with Gasteiger partial charge in [0, 0.05) is 12.1 Å². The molecule has 0 fully saturated rings. The number of pyridine rings is 1. The number of anilines is 2. The van der Waals surface area contributed by atoms with E-state index in [9.17, 15) is 4.79 Å². The van der Waals surface area contributed by atoms with Gasteiger partial charge in [-0.25, -0.2) is 4.98 Å². The van der Waals surface area contributed by atoms with Crippen molar-refractivity contribution >= 4 is 17.4 Å². The number of nitrogens with one attached hydrogen (secondary N) is 2. The number of carbonyl (C=O) groups excluding carboxylic acids is 1. The van der Waals surface area contributed by atoms with Crippen molar-refractivity contribution in [2.24, 2.45) is 0 Å². The number of aryl methyl sites for hydroxylation is 1. The van der Waals surface area contributed by atoms with Crippen LogP contribution in [0.1, 0.15) is 21.5 Å². The molecule has 1 amide bonds. The molecule has 0 saturated heterocycles. The molecule has 1 aromatic heterocycles. The Labute approximate surface area is 157 Å². The predicted molar refractivity (Wildman–Crippen MR) is 103 cm³/mol. The van der Waals surface area contributed by atoms with Crippen molar-refractivity contribution < 1.29 is 14.3 Å². The number of fused-ring (bicyclic) bond motifs is 1. The molecule has 2 aromatic carbocycles. The van der Waals surface area contributed by atoms with Crippen molar-refractivity contribution in [1.82, 2.24) is 4.98 Å². The number of hydrogen-bond donors (Lipinski definition) is 2. The summed E-state index contributed by atoms with van der Waals surface area (Å²) in [7, 11) is 0. The molecule has 0 spiro atoms. The van der Waals surface area contributed by atoms with Gasteiger partial charge in [0.2, 0.25) is 6.79 Å². The van der Waals surface area contributed by atoms with Crippen LogP contribution >= 0.6 is 0 Å². The highest BCUT2D eigenvalue weighted by atomic mass is 16.7. The third-order valence-electron chi connectivity index (χ3n) is 4.32. The Morgan fingerprint density at radius 2 is 1.93 bits per heavy atom. The van der Waals surface area contributed by atoms with Crippen LogP contribution in [0.5, 0.6) is 11.5 Å². The fraction of sp³-hybridized carbons (Fsp3) is 0.143. The van der Waals surface area contributed by atoms with Crippen molar-refractivity contribution in [1.29, 1.82) is 0 Å². The SMILES string of the molecule is Cc1ccccc1C(=O)Nc1ccc(NCc2ccc3c(c2)OCO3)nc1. The summed E-state index contributed by atoms with van der Waals surface area (Å²) in [6.45, 7) is 2.79. The van der Waals surface area contributed by atoms with Crippen LogP contribution in [0.2, 0.25) is 0 Å². The molecule has 4 rings (SSSR count). The highest BCUT2D eigenvalue weighted by Crippen LogP contribution is 2.32. The number of benzene rings is 2. The van der Waals surface area contributed by atoms with E-state index in [0.717, 1.165) is 28.4 Å². The topological polar surface area (TPSA) is 72.5 Å². The molecule has 136 valence electrons. The molecular formula is C21H19N3O3. The van der Waals surface area contributed by atoms with Crippen LogP contribution in [-0.4, -0.2) is 17.7 Å². The van der Waals surface area contributed by atoms with Crippen molar-refractivity contribution in [3.8, 4) is 11.5 Å². The number of amides is 1. The smallest absolute Gasteiger partial charge is 0.255 e. The molecule has 0 bridgehead atoms. The van der Waals surface area contributed by atoms with Crippen molar-refractivity contribution in [2.45, 2.75) is 13.5 Å². The van der Waals surface area contributed by atoms with E-state index in [1.54, 1.807) is 12.3 Å². The Morgan fingerprint density at radius 1 is 1.07 bits per heavy atom. The van der Waals surface area contributed by atoms with Gasteiger partial charge in [-0.3, -0.25) is 4.79 Å². The monoisotopic (exact) mass is 361 g/mol. The Kier molecular flexibility index (Phi) is 4.61. The maximum Gasteiger partial charge on any atom is 0.255 e. The summed E-state index contributed by atoms with van der Waals surface area (Å²) in [6, 6.07) is 17.0. The van der Waals surface area contributed by atoms with Gasteiger partial charge in [0.05, 0.1) is 11.9 Å². The van der Waals surface area contributed by atoms with Gasteiger partial charge in [0.25, 0.3) is 5.91 Å². The quantitative estimate of drug-likeness (QED) is 0.719. The largest absolute Gasteiger partial charge is 0.454 e. The predicted octanol–water partition coefficient (Wildman–Crippen LogP) is 3.98. The molecular weight excluding hydrogens is 342 g/mol. The second-order valence-corrected chi connectivity index (χ2v) is 6.24. The summed E-state index contributed by atoms with van der Waals surface area (Å²) in [5, 5.41) is 6.12. The van der Waals surface area contributed by atoms with Crippen LogP contribution in [0.25, 0.3) is 0 Å². The Morgan fingerprint density at radius 3 is 2.74 bits per heavy atom. The molecule has 0 aliphatic carbocycles. The second-order valence-electron chi connectivity index (χ2n) is 6.24. The van der Waals surface area contributed by atoms with Crippen LogP contribution in [-0.2, 0) is 6.54 Å². The lowest BCUT2D eigenvalue weighted by Crippen LogP contribution is -2.13. The average molecular weight is 361 g/mol. The first-order valence-corrected chi connectivity index (χ1v) is 8.64. The zero-order valence-electron chi connectivity index (χ0n) is 14.9. The standard InChI is InChI=1S/C21H19N3O3/c1-14-4-2-3-5-17(14)21(25)24-16-7-9-20(23-12-16)22-11-15-6-8-18-19(10-15)27-13-26-18/h2-10,12H,11,13H2,1H3,(H,22,23)(H,24,25). The number of nitrogens with zero attached hydrogens (tertiary/aromatic N) is 1. The van der Waals surface area contributed by atoms with Gasteiger partial charge >= 0.3 is 0 Å². The van der Waals surface area contributed by atoms with Gasteiger partial charge in [-0.2, -0.15) is 0 Å². The lowest BCUT2D eigenvalue weighted by molar-refractivity contribution is 0.102. The molecule has 0 atom stereocenters. The molecule has 0 unspecified atom stereocenters. The van der Waals surface area contributed by atoms with E-state index in [4.69, 9.17) is 9.47 Å². The molecule has 6 nitrogen and oxygen atoms in total. The van der Waals surface area contributed by atoms with E-state index < -0.39 is 0 Å². The van der Waals surface area contributed by atoms with Crippen molar-refractivity contribution in [3.05, 3.63) is 77.5 Å². The van der Waals surface area contributed by atoms with Gasteiger partial charge in [0.15, 0.2) is 11.5 Å². The molecule has 1 aliphatic rings. The maximum atomic E-state index is 12.3. The van der Waals surface area contributed by atoms with Gasteiger partial charge in [0.1, 0.15) is 5.82 Å². The Bertz CT molecular complexity index is 971. The molecule has 0 saturated carbocycles. The first kappa shape index (κ1) is 16.9. The van der Waals surface area contributed by atoms with Crippen LogP contribution in [0.15, 0.2) is 60.8 Å². The fourth-order valence-electron chi connectivity index (χ4n) is 2.84. The highest BCUT2D eigenvalue weighted by molar-refractivity contribution is 6.05. The van der Waals surface area contributed by atoms with E-state index in [0.29, 0.717) is 17.8 Å².